The van der Waals surface area contributed by atoms with Crippen molar-refractivity contribution in [2.45, 2.75) is 26.4 Å². The Labute approximate surface area is 158 Å². The van der Waals surface area contributed by atoms with E-state index in [1.54, 1.807) is 48.1 Å². The van der Waals surface area contributed by atoms with Gasteiger partial charge in [0.15, 0.2) is 0 Å². The summed E-state index contributed by atoms with van der Waals surface area (Å²) in [5.41, 5.74) is 2.84. The molecule has 0 bridgehead atoms. The van der Waals surface area contributed by atoms with Crippen LogP contribution in [0.25, 0.3) is 5.69 Å². The number of nitrogens with zero attached hydrogens (tertiary/aromatic N) is 2. The third-order valence-electron chi connectivity index (χ3n) is 3.78. The van der Waals surface area contributed by atoms with Crippen molar-refractivity contribution in [3.8, 4) is 5.69 Å². The SMILES string of the molecule is Cc1nn(-c2ccc(Cl)cc2)c(C)c1CC(=O)NCC(=O)NCC(F)(F)F. The van der Waals surface area contributed by atoms with Crippen LogP contribution in [-0.2, 0) is 16.0 Å². The van der Waals surface area contributed by atoms with Crippen LogP contribution < -0.4 is 10.6 Å². The lowest BCUT2D eigenvalue weighted by molar-refractivity contribution is -0.138. The Bertz CT molecular complexity index is 832. The lowest BCUT2D eigenvalue weighted by Crippen LogP contribution is -2.41. The first kappa shape index (κ1) is 20.8. The van der Waals surface area contributed by atoms with E-state index in [1.165, 1.54) is 0 Å². The largest absolute Gasteiger partial charge is 0.405 e. The second-order valence-electron chi connectivity index (χ2n) is 5.88. The minimum absolute atomic E-state index is 0.0438. The van der Waals surface area contributed by atoms with Crippen LogP contribution in [0.2, 0.25) is 5.02 Å². The van der Waals surface area contributed by atoms with Crippen LogP contribution in [0.15, 0.2) is 24.3 Å². The molecule has 2 rings (SSSR count). The number of carbonyl (C=O) groups is 2. The van der Waals surface area contributed by atoms with Gasteiger partial charge in [-0.3, -0.25) is 9.59 Å². The molecule has 0 unspecified atom stereocenters. The summed E-state index contributed by atoms with van der Waals surface area (Å²) in [6.45, 7) is 1.58. The average molecular weight is 403 g/mol. The Morgan fingerprint density at radius 2 is 1.74 bits per heavy atom. The Balaban J connectivity index is 1.98. The van der Waals surface area contributed by atoms with Gasteiger partial charge >= 0.3 is 6.18 Å². The molecule has 0 atom stereocenters. The molecule has 0 saturated carbocycles. The Kier molecular flexibility index (Phi) is 6.48. The minimum Gasteiger partial charge on any atom is -0.347 e. The summed E-state index contributed by atoms with van der Waals surface area (Å²) in [5, 5.41) is 8.99. The summed E-state index contributed by atoms with van der Waals surface area (Å²) >= 11 is 5.87. The molecular formula is C17H18ClF3N4O2. The zero-order valence-electron chi connectivity index (χ0n) is 14.7. The van der Waals surface area contributed by atoms with E-state index in [2.05, 4.69) is 10.4 Å². The summed E-state index contributed by atoms with van der Waals surface area (Å²) in [6, 6.07) is 7.02. The summed E-state index contributed by atoms with van der Waals surface area (Å²) in [4.78, 5) is 23.4. The van der Waals surface area contributed by atoms with E-state index in [0.29, 0.717) is 16.3 Å². The van der Waals surface area contributed by atoms with E-state index in [9.17, 15) is 22.8 Å². The van der Waals surface area contributed by atoms with Gasteiger partial charge in [0.2, 0.25) is 11.8 Å². The molecule has 0 fully saturated rings. The van der Waals surface area contributed by atoms with Crippen molar-refractivity contribution in [1.82, 2.24) is 20.4 Å². The first-order valence-electron chi connectivity index (χ1n) is 7.98. The quantitative estimate of drug-likeness (QED) is 0.779. The van der Waals surface area contributed by atoms with Gasteiger partial charge in [0.05, 0.1) is 24.3 Å². The van der Waals surface area contributed by atoms with Gasteiger partial charge in [0, 0.05) is 16.3 Å². The van der Waals surface area contributed by atoms with Gasteiger partial charge in [-0.05, 0) is 38.1 Å². The van der Waals surface area contributed by atoms with Crippen molar-refractivity contribution in [2.75, 3.05) is 13.1 Å². The predicted octanol–water partition coefficient (Wildman–Crippen LogP) is 2.48. The maximum Gasteiger partial charge on any atom is 0.405 e. The number of hydrogen-bond acceptors (Lipinski definition) is 3. The minimum atomic E-state index is -4.50. The highest BCUT2D eigenvalue weighted by atomic mass is 35.5. The van der Waals surface area contributed by atoms with Crippen LogP contribution in [0.4, 0.5) is 13.2 Å². The van der Waals surface area contributed by atoms with Crippen LogP contribution in [0.3, 0.4) is 0 Å². The number of alkyl halides is 3. The topological polar surface area (TPSA) is 76.0 Å². The summed E-state index contributed by atoms with van der Waals surface area (Å²) in [7, 11) is 0. The average Bonchev–Trinajstić information content (AvgIpc) is 2.86. The van der Waals surface area contributed by atoms with E-state index in [1.807, 2.05) is 0 Å². The van der Waals surface area contributed by atoms with Crippen molar-refractivity contribution < 1.29 is 22.8 Å². The van der Waals surface area contributed by atoms with Crippen molar-refractivity contribution in [1.29, 1.82) is 0 Å². The Morgan fingerprint density at radius 1 is 1.11 bits per heavy atom. The van der Waals surface area contributed by atoms with E-state index < -0.39 is 31.1 Å². The number of carbonyl (C=O) groups excluding carboxylic acids is 2. The number of rotatable bonds is 6. The lowest BCUT2D eigenvalue weighted by Gasteiger charge is -2.09. The molecule has 0 saturated heterocycles. The number of aromatic nitrogens is 2. The van der Waals surface area contributed by atoms with Gasteiger partial charge in [0.1, 0.15) is 6.54 Å². The van der Waals surface area contributed by atoms with Crippen LogP contribution in [0, 0.1) is 13.8 Å². The van der Waals surface area contributed by atoms with Crippen LogP contribution in [0.1, 0.15) is 17.0 Å². The van der Waals surface area contributed by atoms with Gasteiger partial charge < -0.3 is 10.6 Å². The van der Waals surface area contributed by atoms with Crippen molar-refractivity contribution in [3.05, 3.63) is 46.2 Å². The standard InChI is InChI=1S/C17H18ClF3N4O2/c1-10-14(7-15(26)22-8-16(27)23-9-17(19,20)21)11(2)25(24-10)13-5-3-12(18)4-6-13/h3-6H,7-9H2,1-2H3,(H,22,26)(H,23,27). The van der Waals surface area contributed by atoms with Gasteiger partial charge in [-0.25, -0.2) is 4.68 Å². The molecule has 0 aliphatic rings. The molecule has 0 aliphatic heterocycles. The Morgan fingerprint density at radius 3 is 2.33 bits per heavy atom. The molecule has 6 nitrogen and oxygen atoms in total. The van der Waals surface area contributed by atoms with Crippen LogP contribution in [-0.4, -0.2) is 40.9 Å². The van der Waals surface area contributed by atoms with Crippen molar-refractivity contribution in [3.63, 3.8) is 0 Å². The fourth-order valence-electron chi connectivity index (χ4n) is 2.43. The lowest BCUT2D eigenvalue weighted by atomic mass is 10.1. The van der Waals surface area contributed by atoms with Gasteiger partial charge in [0.25, 0.3) is 0 Å². The summed E-state index contributed by atoms with van der Waals surface area (Å²) in [6.07, 6.45) is -4.54. The number of benzene rings is 1. The normalized spacial score (nSPS) is 11.3. The molecule has 1 heterocycles. The predicted molar refractivity (Wildman–Crippen MR) is 93.8 cm³/mol. The number of hydrogen-bond donors (Lipinski definition) is 2. The van der Waals surface area contributed by atoms with Crippen LogP contribution in [0.5, 0.6) is 0 Å². The van der Waals surface area contributed by atoms with Gasteiger partial charge in [-0.2, -0.15) is 18.3 Å². The number of aryl methyl sites for hydroxylation is 1. The molecule has 0 aliphatic carbocycles. The Hall–Kier alpha value is -2.55. The summed E-state index contributed by atoms with van der Waals surface area (Å²) in [5.74, 6) is -1.40. The fourth-order valence-corrected chi connectivity index (χ4v) is 2.55. The maximum atomic E-state index is 12.0. The van der Waals surface area contributed by atoms with E-state index in [-0.39, 0.29) is 6.42 Å². The third kappa shape index (κ3) is 5.99. The molecule has 1 aromatic heterocycles. The highest BCUT2D eigenvalue weighted by Crippen LogP contribution is 2.20. The first-order valence-corrected chi connectivity index (χ1v) is 8.36. The second-order valence-corrected chi connectivity index (χ2v) is 6.32. The molecule has 1 aromatic carbocycles. The second kappa shape index (κ2) is 8.43. The van der Waals surface area contributed by atoms with Crippen LogP contribution >= 0.6 is 11.6 Å². The molecule has 27 heavy (non-hydrogen) atoms. The highest BCUT2D eigenvalue weighted by molar-refractivity contribution is 6.30. The number of amides is 2. The van der Waals surface area contributed by atoms with Gasteiger partial charge in [-0.1, -0.05) is 11.6 Å². The molecule has 146 valence electrons. The molecule has 10 heteroatoms. The van der Waals surface area contributed by atoms with E-state index in [0.717, 1.165) is 11.4 Å². The maximum absolute atomic E-state index is 12.0. The molecule has 0 radical (unpaired) electrons. The number of halogens is 4. The van der Waals surface area contributed by atoms with Crippen molar-refractivity contribution in [2.24, 2.45) is 0 Å². The van der Waals surface area contributed by atoms with E-state index >= 15 is 0 Å². The molecule has 2 N–H and O–H groups in total. The monoisotopic (exact) mass is 402 g/mol. The van der Waals surface area contributed by atoms with Gasteiger partial charge in [-0.15, -0.1) is 0 Å². The highest BCUT2D eigenvalue weighted by Gasteiger charge is 2.27. The third-order valence-corrected chi connectivity index (χ3v) is 4.03. The van der Waals surface area contributed by atoms with E-state index in [4.69, 9.17) is 11.6 Å². The molecule has 2 amide bonds. The molecule has 2 aromatic rings. The molecular weight excluding hydrogens is 385 g/mol. The smallest absolute Gasteiger partial charge is 0.347 e. The first-order chi connectivity index (χ1) is 12.6. The molecule has 0 spiro atoms. The summed E-state index contributed by atoms with van der Waals surface area (Å²) < 4.78 is 37.8. The zero-order valence-corrected chi connectivity index (χ0v) is 15.4. The number of nitrogens with one attached hydrogen (secondary N) is 2. The zero-order chi connectivity index (χ0) is 20.2. The van der Waals surface area contributed by atoms with Crippen molar-refractivity contribution >= 4 is 23.4 Å². The fraction of sp³-hybridized carbons (Fsp3) is 0.353.